The molecule has 0 bridgehead atoms. The summed E-state index contributed by atoms with van der Waals surface area (Å²) < 4.78 is 3.08. The molecule has 0 saturated carbocycles. The molecule has 114 valence electrons. The van der Waals surface area contributed by atoms with Crippen molar-refractivity contribution in [2.45, 2.75) is 0 Å². The maximum atomic E-state index is 12.3. The van der Waals surface area contributed by atoms with Crippen LogP contribution in [0.4, 0.5) is 5.69 Å². The Morgan fingerprint density at radius 3 is 2.57 bits per heavy atom. The molecule has 0 aliphatic carbocycles. The van der Waals surface area contributed by atoms with Crippen LogP contribution in [0.1, 0.15) is 15.9 Å². The van der Waals surface area contributed by atoms with Crippen LogP contribution in [0.25, 0.3) is 11.0 Å². The lowest BCUT2D eigenvalue weighted by atomic mass is 10.1. The fourth-order valence-corrected chi connectivity index (χ4v) is 2.52. The Hall–Kier alpha value is -3.33. The van der Waals surface area contributed by atoms with Gasteiger partial charge in [-0.15, -0.1) is 0 Å². The minimum absolute atomic E-state index is 0.120. The molecule has 0 aliphatic rings. The number of nitrogens with one attached hydrogen (secondary N) is 1. The lowest BCUT2D eigenvalue weighted by Gasteiger charge is -2.06. The summed E-state index contributed by atoms with van der Waals surface area (Å²) >= 11 is 0. The fraction of sp³-hybridized carbons (Fsp3) is 0.118. The van der Waals surface area contributed by atoms with Gasteiger partial charge in [0, 0.05) is 25.3 Å². The van der Waals surface area contributed by atoms with Gasteiger partial charge < -0.3 is 5.32 Å². The predicted octanol–water partition coefficient (Wildman–Crippen LogP) is 2.00. The number of anilines is 1. The van der Waals surface area contributed by atoms with Crippen molar-refractivity contribution in [3.63, 3.8) is 0 Å². The number of hydrogen-bond donors (Lipinski definition) is 1. The zero-order chi connectivity index (χ0) is 16.6. The summed E-state index contributed by atoms with van der Waals surface area (Å²) in [7, 11) is 3.39. The molecule has 3 rings (SSSR count). The number of aryl methyl sites for hydroxylation is 2. The molecule has 3 aromatic rings. The van der Waals surface area contributed by atoms with Crippen molar-refractivity contribution in [3.05, 3.63) is 64.1 Å². The van der Waals surface area contributed by atoms with Gasteiger partial charge in [0.2, 0.25) is 0 Å². The highest BCUT2D eigenvalue weighted by atomic mass is 16.2. The third kappa shape index (κ3) is 2.49. The molecule has 0 fully saturated rings. The Bertz CT molecular complexity index is 1020. The highest BCUT2D eigenvalue weighted by Gasteiger charge is 2.11. The first kappa shape index (κ1) is 14.6. The number of benzene rings is 2. The summed E-state index contributed by atoms with van der Waals surface area (Å²) in [6, 6.07) is 13.8. The van der Waals surface area contributed by atoms with E-state index in [1.165, 1.54) is 10.6 Å². The topological polar surface area (TPSA) is 79.8 Å². The minimum Gasteiger partial charge on any atom is -0.322 e. The summed E-state index contributed by atoms with van der Waals surface area (Å²) in [6.45, 7) is 0. The van der Waals surface area contributed by atoms with Crippen LogP contribution in [0.3, 0.4) is 0 Å². The zero-order valence-electron chi connectivity index (χ0n) is 12.7. The smallest absolute Gasteiger partial charge is 0.322 e. The van der Waals surface area contributed by atoms with E-state index in [4.69, 9.17) is 5.26 Å². The lowest BCUT2D eigenvalue weighted by molar-refractivity contribution is 0.102. The van der Waals surface area contributed by atoms with Gasteiger partial charge in [-0.05, 0) is 36.4 Å². The van der Waals surface area contributed by atoms with Gasteiger partial charge in [0.05, 0.1) is 22.7 Å². The summed E-state index contributed by atoms with van der Waals surface area (Å²) in [5, 5.41) is 11.7. The number of carbonyl (C=O) groups is 1. The molecule has 0 spiro atoms. The van der Waals surface area contributed by atoms with Crippen LogP contribution >= 0.6 is 0 Å². The Morgan fingerprint density at radius 2 is 1.83 bits per heavy atom. The monoisotopic (exact) mass is 306 g/mol. The largest absolute Gasteiger partial charge is 0.328 e. The van der Waals surface area contributed by atoms with E-state index in [1.54, 1.807) is 55.1 Å². The van der Waals surface area contributed by atoms with Crippen LogP contribution in [-0.2, 0) is 14.1 Å². The average molecular weight is 306 g/mol. The molecule has 23 heavy (non-hydrogen) atoms. The maximum Gasteiger partial charge on any atom is 0.328 e. The van der Waals surface area contributed by atoms with Gasteiger partial charge in [-0.3, -0.25) is 13.9 Å². The molecule has 6 nitrogen and oxygen atoms in total. The number of nitriles is 1. The molecule has 6 heteroatoms. The predicted molar refractivity (Wildman–Crippen MR) is 87.3 cm³/mol. The number of imidazole rings is 1. The van der Waals surface area contributed by atoms with E-state index in [9.17, 15) is 9.59 Å². The van der Waals surface area contributed by atoms with E-state index in [1.807, 2.05) is 6.07 Å². The van der Waals surface area contributed by atoms with Gasteiger partial charge in [-0.1, -0.05) is 6.07 Å². The van der Waals surface area contributed by atoms with E-state index >= 15 is 0 Å². The van der Waals surface area contributed by atoms with Crippen molar-refractivity contribution in [2.75, 3.05) is 5.32 Å². The third-order valence-electron chi connectivity index (χ3n) is 3.78. The molecular weight excluding hydrogens is 292 g/mol. The molecule has 1 heterocycles. The average Bonchev–Trinajstić information content (AvgIpc) is 2.79. The van der Waals surface area contributed by atoms with Crippen molar-refractivity contribution in [3.8, 4) is 6.07 Å². The van der Waals surface area contributed by atoms with E-state index in [0.717, 1.165) is 11.0 Å². The van der Waals surface area contributed by atoms with Crippen LogP contribution < -0.4 is 11.0 Å². The van der Waals surface area contributed by atoms with Crippen LogP contribution in [0, 0.1) is 11.3 Å². The molecular formula is C17H14N4O2. The van der Waals surface area contributed by atoms with Crippen molar-refractivity contribution >= 4 is 22.6 Å². The number of rotatable bonds is 2. The second-order valence-electron chi connectivity index (χ2n) is 5.25. The quantitative estimate of drug-likeness (QED) is 0.786. The number of aromatic nitrogens is 2. The molecule has 1 N–H and O–H groups in total. The van der Waals surface area contributed by atoms with Gasteiger partial charge >= 0.3 is 5.69 Å². The molecule has 0 unspecified atom stereocenters. The maximum absolute atomic E-state index is 12.3. The molecule has 0 atom stereocenters. The van der Waals surface area contributed by atoms with Crippen LogP contribution in [0.2, 0.25) is 0 Å². The molecule has 0 saturated heterocycles. The van der Waals surface area contributed by atoms with Crippen molar-refractivity contribution < 1.29 is 4.79 Å². The summed E-state index contributed by atoms with van der Waals surface area (Å²) in [5.41, 5.74) is 2.84. The van der Waals surface area contributed by atoms with Gasteiger partial charge in [0.25, 0.3) is 5.91 Å². The highest BCUT2D eigenvalue weighted by Crippen LogP contribution is 2.18. The number of nitrogens with zero attached hydrogens (tertiary/aromatic N) is 3. The van der Waals surface area contributed by atoms with Gasteiger partial charge in [0.1, 0.15) is 0 Å². The fourth-order valence-electron chi connectivity index (χ4n) is 2.52. The minimum atomic E-state index is -0.303. The van der Waals surface area contributed by atoms with E-state index in [0.29, 0.717) is 16.8 Å². The van der Waals surface area contributed by atoms with E-state index < -0.39 is 0 Å². The Balaban J connectivity index is 1.95. The Morgan fingerprint density at radius 1 is 1.09 bits per heavy atom. The van der Waals surface area contributed by atoms with E-state index in [2.05, 4.69) is 5.32 Å². The number of amides is 1. The first-order valence-electron chi connectivity index (χ1n) is 6.98. The Kier molecular flexibility index (Phi) is 3.47. The first-order valence-corrected chi connectivity index (χ1v) is 6.98. The van der Waals surface area contributed by atoms with E-state index in [-0.39, 0.29) is 11.6 Å². The molecule has 1 aromatic heterocycles. The molecule has 1 amide bonds. The van der Waals surface area contributed by atoms with Crippen molar-refractivity contribution in [1.29, 1.82) is 5.26 Å². The van der Waals surface area contributed by atoms with Gasteiger partial charge in [-0.2, -0.15) is 5.26 Å². The standard InChI is InChI=1S/C17H14N4O2/c1-20-14-7-6-13(9-15(14)21(2)17(20)23)19-16(22)12-5-3-4-11(8-12)10-18/h3-9H,1-2H3,(H,19,22). The zero-order valence-corrected chi connectivity index (χ0v) is 12.7. The first-order chi connectivity index (χ1) is 11.0. The third-order valence-corrected chi connectivity index (χ3v) is 3.78. The SMILES string of the molecule is Cn1c(=O)n(C)c2cc(NC(=O)c3cccc(C#N)c3)ccc21. The second kappa shape index (κ2) is 5.46. The van der Waals surface area contributed by atoms with Gasteiger partial charge in [0.15, 0.2) is 0 Å². The normalized spacial score (nSPS) is 10.5. The Labute approximate surface area is 132 Å². The summed E-state index contributed by atoms with van der Waals surface area (Å²) in [5.74, 6) is -0.303. The molecule has 0 aliphatic heterocycles. The highest BCUT2D eigenvalue weighted by molar-refractivity contribution is 6.05. The van der Waals surface area contributed by atoms with Crippen LogP contribution in [0.5, 0.6) is 0 Å². The van der Waals surface area contributed by atoms with Crippen LogP contribution in [-0.4, -0.2) is 15.0 Å². The molecule has 0 radical (unpaired) electrons. The summed E-state index contributed by atoms with van der Waals surface area (Å²) in [6.07, 6.45) is 0. The number of carbonyl (C=O) groups excluding carboxylic acids is 1. The number of hydrogen-bond acceptors (Lipinski definition) is 3. The van der Waals surface area contributed by atoms with Gasteiger partial charge in [-0.25, -0.2) is 4.79 Å². The van der Waals surface area contributed by atoms with Crippen molar-refractivity contribution in [1.82, 2.24) is 9.13 Å². The lowest BCUT2D eigenvalue weighted by Crippen LogP contribution is -2.19. The number of fused-ring (bicyclic) bond motifs is 1. The van der Waals surface area contributed by atoms with Crippen molar-refractivity contribution in [2.24, 2.45) is 14.1 Å². The summed E-state index contributed by atoms with van der Waals surface area (Å²) in [4.78, 5) is 24.2. The van der Waals surface area contributed by atoms with Crippen LogP contribution in [0.15, 0.2) is 47.3 Å². The second-order valence-corrected chi connectivity index (χ2v) is 5.25. The molecule has 2 aromatic carbocycles.